The Balaban J connectivity index is 2.43. The van der Waals surface area contributed by atoms with Gasteiger partial charge in [-0.2, -0.15) is 0 Å². The third-order valence-electron chi connectivity index (χ3n) is 3.09. The number of rotatable bonds is 2. The first-order valence-corrected chi connectivity index (χ1v) is 8.12. The average Bonchev–Trinajstić information content (AvgIpc) is 2.28. The molecule has 1 aromatic carbocycles. The minimum Gasteiger partial charge on any atom is -0.368 e. The molecule has 1 N–H and O–H groups in total. The van der Waals surface area contributed by atoms with E-state index in [-0.39, 0.29) is 4.90 Å². The summed E-state index contributed by atoms with van der Waals surface area (Å²) in [6.07, 6.45) is 1.20. The topological polar surface area (TPSA) is 49.4 Å². The Morgan fingerprint density at radius 2 is 1.89 bits per heavy atom. The lowest BCUT2D eigenvalue weighted by molar-refractivity contribution is 0.588. The molecule has 1 fully saturated rings. The van der Waals surface area contributed by atoms with Crippen LogP contribution in [0.1, 0.15) is 5.56 Å². The molecule has 0 amide bonds. The lowest BCUT2D eigenvalue weighted by Gasteiger charge is -2.31. The number of nitrogens with one attached hydrogen (secondary N) is 1. The first-order valence-electron chi connectivity index (χ1n) is 5.85. The molecule has 4 nitrogen and oxygen atoms in total. The van der Waals surface area contributed by atoms with Gasteiger partial charge >= 0.3 is 0 Å². The highest BCUT2D eigenvalue weighted by Gasteiger charge is 2.18. The van der Waals surface area contributed by atoms with E-state index in [9.17, 15) is 8.42 Å². The van der Waals surface area contributed by atoms with Crippen LogP contribution in [0.15, 0.2) is 17.0 Å². The molecule has 0 saturated carbocycles. The fourth-order valence-corrected chi connectivity index (χ4v) is 3.38. The van der Waals surface area contributed by atoms with Crippen molar-refractivity contribution in [3.63, 3.8) is 0 Å². The summed E-state index contributed by atoms with van der Waals surface area (Å²) in [5, 5.41) is 3.79. The van der Waals surface area contributed by atoms with Gasteiger partial charge in [-0.25, -0.2) is 8.42 Å². The Morgan fingerprint density at radius 3 is 2.39 bits per heavy atom. The second-order valence-corrected chi connectivity index (χ2v) is 7.00. The maximum Gasteiger partial charge on any atom is 0.175 e. The summed E-state index contributed by atoms with van der Waals surface area (Å²) in [6.45, 7) is 5.52. The Kier molecular flexibility index (Phi) is 3.84. The van der Waals surface area contributed by atoms with Gasteiger partial charge in [0, 0.05) is 32.4 Å². The van der Waals surface area contributed by atoms with Gasteiger partial charge in [0.25, 0.3) is 0 Å². The van der Waals surface area contributed by atoms with Crippen molar-refractivity contribution < 1.29 is 8.42 Å². The zero-order valence-electron chi connectivity index (χ0n) is 10.5. The Morgan fingerprint density at radius 1 is 1.28 bits per heavy atom. The zero-order valence-corrected chi connectivity index (χ0v) is 12.1. The molecule has 1 saturated heterocycles. The summed E-state index contributed by atoms with van der Waals surface area (Å²) < 4.78 is 23.1. The van der Waals surface area contributed by atoms with Gasteiger partial charge in [-0.1, -0.05) is 11.6 Å². The van der Waals surface area contributed by atoms with Crippen molar-refractivity contribution in [2.24, 2.45) is 0 Å². The van der Waals surface area contributed by atoms with Crippen molar-refractivity contribution in [3.8, 4) is 0 Å². The SMILES string of the molecule is Cc1cc(S(C)(=O)=O)cc(Cl)c1N1CCNCC1. The molecule has 0 atom stereocenters. The van der Waals surface area contributed by atoms with Gasteiger partial charge in [0.2, 0.25) is 0 Å². The van der Waals surface area contributed by atoms with Crippen LogP contribution in [0.5, 0.6) is 0 Å². The van der Waals surface area contributed by atoms with Crippen LogP contribution in [0.25, 0.3) is 0 Å². The van der Waals surface area contributed by atoms with Gasteiger partial charge in [0.05, 0.1) is 15.6 Å². The number of piperazine rings is 1. The maximum absolute atomic E-state index is 11.5. The average molecular weight is 289 g/mol. The Labute approximate surface area is 113 Å². The highest BCUT2D eigenvalue weighted by molar-refractivity contribution is 7.90. The third kappa shape index (κ3) is 2.79. The van der Waals surface area contributed by atoms with Crippen LogP contribution >= 0.6 is 11.6 Å². The number of hydrogen-bond donors (Lipinski definition) is 1. The number of hydrogen-bond acceptors (Lipinski definition) is 4. The molecule has 100 valence electrons. The largest absolute Gasteiger partial charge is 0.368 e. The van der Waals surface area contributed by atoms with Crippen LogP contribution in [0.3, 0.4) is 0 Å². The molecule has 0 radical (unpaired) electrons. The lowest BCUT2D eigenvalue weighted by Crippen LogP contribution is -2.44. The van der Waals surface area contributed by atoms with Crippen LogP contribution in [0.2, 0.25) is 5.02 Å². The summed E-state index contributed by atoms with van der Waals surface area (Å²) in [4.78, 5) is 2.48. The van der Waals surface area contributed by atoms with E-state index in [2.05, 4.69) is 10.2 Å². The molecule has 2 rings (SSSR count). The number of benzene rings is 1. The van der Waals surface area contributed by atoms with E-state index in [4.69, 9.17) is 11.6 Å². The van der Waals surface area contributed by atoms with Crippen LogP contribution in [-0.4, -0.2) is 40.9 Å². The van der Waals surface area contributed by atoms with Crippen molar-refractivity contribution in [2.45, 2.75) is 11.8 Å². The van der Waals surface area contributed by atoms with Gasteiger partial charge in [-0.3, -0.25) is 0 Å². The fourth-order valence-electron chi connectivity index (χ4n) is 2.21. The summed E-state index contributed by atoms with van der Waals surface area (Å²) in [6, 6.07) is 3.24. The van der Waals surface area contributed by atoms with Crippen LogP contribution in [0.4, 0.5) is 5.69 Å². The summed E-state index contributed by atoms with van der Waals surface area (Å²) in [5.41, 5.74) is 1.86. The molecular weight excluding hydrogens is 272 g/mol. The summed E-state index contributed by atoms with van der Waals surface area (Å²) in [5.74, 6) is 0. The Hall–Kier alpha value is -0.780. The maximum atomic E-state index is 11.5. The molecule has 18 heavy (non-hydrogen) atoms. The number of anilines is 1. The zero-order chi connectivity index (χ0) is 13.3. The summed E-state index contributed by atoms with van der Waals surface area (Å²) >= 11 is 6.25. The molecule has 1 aliphatic heterocycles. The van der Waals surface area contributed by atoms with Crippen molar-refractivity contribution >= 4 is 27.1 Å². The molecule has 0 bridgehead atoms. The van der Waals surface area contributed by atoms with Crippen molar-refractivity contribution in [1.29, 1.82) is 0 Å². The number of halogens is 1. The van der Waals surface area contributed by atoms with Gasteiger partial charge < -0.3 is 10.2 Å². The number of sulfone groups is 1. The lowest BCUT2D eigenvalue weighted by atomic mass is 10.1. The molecule has 1 aromatic rings. The van der Waals surface area contributed by atoms with Gasteiger partial charge in [-0.15, -0.1) is 0 Å². The van der Waals surface area contributed by atoms with E-state index in [0.717, 1.165) is 37.4 Å². The highest BCUT2D eigenvalue weighted by atomic mass is 35.5. The highest BCUT2D eigenvalue weighted by Crippen LogP contribution is 2.32. The predicted octanol–water partition coefficient (Wildman–Crippen LogP) is 1.46. The smallest absolute Gasteiger partial charge is 0.175 e. The molecule has 6 heteroatoms. The quantitative estimate of drug-likeness (QED) is 0.895. The molecular formula is C12H17ClN2O2S. The van der Waals surface area contributed by atoms with E-state index in [1.54, 1.807) is 12.1 Å². The van der Waals surface area contributed by atoms with E-state index in [1.807, 2.05) is 6.92 Å². The summed E-state index contributed by atoms with van der Waals surface area (Å²) in [7, 11) is -3.21. The van der Waals surface area contributed by atoms with E-state index in [1.165, 1.54) is 6.26 Å². The van der Waals surface area contributed by atoms with Gasteiger partial charge in [0.15, 0.2) is 9.84 Å². The van der Waals surface area contributed by atoms with E-state index >= 15 is 0 Å². The van der Waals surface area contributed by atoms with Crippen LogP contribution < -0.4 is 10.2 Å². The predicted molar refractivity (Wildman–Crippen MR) is 74.4 cm³/mol. The monoisotopic (exact) mass is 288 g/mol. The van der Waals surface area contributed by atoms with E-state index in [0.29, 0.717) is 5.02 Å². The molecule has 0 aliphatic carbocycles. The molecule has 1 aliphatic rings. The van der Waals surface area contributed by atoms with Gasteiger partial charge in [0.1, 0.15) is 0 Å². The van der Waals surface area contributed by atoms with Crippen LogP contribution in [0, 0.1) is 6.92 Å². The van der Waals surface area contributed by atoms with Crippen molar-refractivity contribution in [3.05, 3.63) is 22.7 Å². The molecule has 0 unspecified atom stereocenters. The third-order valence-corrected chi connectivity index (χ3v) is 4.47. The fraction of sp³-hybridized carbons (Fsp3) is 0.500. The number of aryl methyl sites for hydroxylation is 1. The van der Waals surface area contributed by atoms with Crippen molar-refractivity contribution in [1.82, 2.24) is 5.32 Å². The van der Waals surface area contributed by atoms with Crippen LogP contribution in [-0.2, 0) is 9.84 Å². The first-order chi connectivity index (χ1) is 8.39. The first kappa shape index (κ1) is 13.6. The molecule has 0 aromatic heterocycles. The standard InChI is InChI=1S/C12H17ClN2O2S/c1-9-7-10(18(2,16)17)8-11(13)12(9)15-5-3-14-4-6-15/h7-8,14H,3-6H2,1-2H3. The van der Waals surface area contributed by atoms with E-state index < -0.39 is 9.84 Å². The van der Waals surface area contributed by atoms with Crippen molar-refractivity contribution in [2.75, 3.05) is 37.3 Å². The Bertz CT molecular complexity index is 528. The molecule has 0 spiro atoms. The molecule has 1 heterocycles. The normalized spacial score (nSPS) is 16.9. The second kappa shape index (κ2) is 5.07. The van der Waals surface area contributed by atoms with Gasteiger partial charge in [-0.05, 0) is 24.6 Å². The minimum atomic E-state index is -3.21. The second-order valence-electron chi connectivity index (χ2n) is 4.58. The minimum absolute atomic E-state index is 0.281. The number of nitrogens with zero attached hydrogens (tertiary/aromatic N) is 1.